The lowest BCUT2D eigenvalue weighted by Crippen LogP contribution is -2.41. The van der Waals surface area contributed by atoms with Gasteiger partial charge in [-0.25, -0.2) is 0 Å². The summed E-state index contributed by atoms with van der Waals surface area (Å²) in [5.41, 5.74) is 2.48. The van der Waals surface area contributed by atoms with Crippen LogP contribution in [0.1, 0.15) is 50.8 Å². The molecule has 1 aliphatic heterocycles. The van der Waals surface area contributed by atoms with Gasteiger partial charge in [-0.2, -0.15) is 0 Å². The van der Waals surface area contributed by atoms with Crippen molar-refractivity contribution in [3.63, 3.8) is 0 Å². The van der Waals surface area contributed by atoms with Crippen LogP contribution >= 0.6 is 11.6 Å². The van der Waals surface area contributed by atoms with Gasteiger partial charge >= 0.3 is 0 Å². The highest BCUT2D eigenvalue weighted by atomic mass is 35.5. The molecule has 1 heterocycles. The molecule has 0 amide bonds. The predicted molar refractivity (Wildman–Crippen MR) is 85.4 cm³/mol. The third-order valence-electron chi connectivity index (χ3n) is 3.86. The highest BCUT2D eigenvalue weighted by molar-refractivity contribution is 6.31. The second-order valence-corrected chi connectivity index (χ2v) is 7.24. The van der Waals surface area contributed by atoms with E-state index in [9.17, 15) is 0 Å². The van der Waals surface area contributed by atoms with Crippen LogP contribution in [-0.2, 0) is 4.74 Å². The Morgan fingerprint density at radius 1 is 1.35 bits per heavy atom. The van der Waals surface area contributed by atoms with Crippen LogP contribution in [-0.4, -0.2) is 18.7 Å². The van der Waals surface area contributed by atoms with Crippen molar-refractivity contribution in [2.45, 2.75) is 52.2 Å². The van der Waals surface area contributed by atoms with Crippen LogP contribution < -0.4 is 5.32 Å². The molecule has 0 radical (unpaired) electrons. The Balaban J connectivity index is 2.11. The van der Waals surface area contributed by atoms with Gasteiger partial charge in [-0.15, -0.1) is 0 Å². The highest BCUT2D eigenvalue weighted by Crippen LogP contribution is 2.35. The molecule has 0 bridgehead atoms. The molecular formula is C17H26ClNO. The van der Waals surface area contributed by atoms with Crippen LogP contribution in [0.2, 0.25) is 5.02 Å². The Bertz CT molecular complexity index is 453. The first-order valence-corrected chi connectivity index (χ1v) is 7.87. The van der Waals surface area contributed by atoms with Crippen LogP contribution in [0.15, 0.2) is 18.2 Å². The normalized spacial score (nSPS) is 23.9. The van der Waals surface area contributed by atoms with Crippen molar-refractivity contribution in [1.82, 2.24) is 5.32 Å². The van der Waals surface area contributed by atoms with E-state index >= 15 is 0 Å². The van der Waals surface area contributed by atoms with Gasteiger partial charge in [0.25, 0.3) is 0 Å². The first-order chi connectivity index (χ1) is 9.37. The van der Waals surface area contributed by atoms with Crippen molar-refractivity contribution < 1.29 is 4.74 Å². The quantitative estimate of drug-likeness (QED) is 0.886. The predicted octanol–water partition coefficient (Wildman–Crippen LogP) is 4.50. The van der Waals surface area contributed by atoms with Crippen LogP contribution in [0, 0.1) is 12.8 Å². The first kappa shape index (κ1) is 15.8. The van der Waals surface area contributed by atoms with Crippen molar-refractivity contribution in [3.8, 4) is 0 Å². The fourth-order valence-electron chi connectivity index (χ4n) is 2.64. The molecule has 1 aromatic carbocycles. The van der Waals surface area contributed by atoms with Gasteiger partial charge in [-0.3, -0.25) is 0 Å². The maximum absolute atomic E-state index is 6.26. The van der Waals surface area contributed by atoms with E-state index in [1.54, 1.807) is 0 Å². The molecule has 2 unspecified atom stereocenters. The van der Waals surface area contributed by atoms with E-state index in [0.717, 1.165) is 30.2 Å². The zero-order valence-corrected chi connectivity index (χ0v) is 13.8. The van der Waals surface area contributed by atoms with Crippen LogP contribution in [0.4, 0.5) is 0 Å². The maximum atomic E-state index is 6.26. The van der Waals surface area contributed by atoms with E-state index in [4.69, 9.17) is 16.3 Å². The molecule has 3 heteroatoms. The number of halogens is 1. The zero-order chi connectivity index (χ0) is 14.8. The Hall–Kier alpha value is -0.570. The fourth-order valence-corrected chi connectivity index (χ4v) is 2.83. The molecular weight excluding hydrogens is 270 g/mol. The molecule has 1 fully saturated rings. The lowest BCUT2D eigenvalue weighted by Gasteiger charge is -2.34. The molecule has 1 N–H and O–H groups in total. The first-order valence-electron chi connectivity index (χ1n) is 7.49. The molecule has 0 saturated carbocycles. The summed E-state index contributed by atoms with van der Waals surface area (Å²) in [6.07, 6.45) is 2.52. The molecule has 0 aliphatic carbocycles. The van der Waals surface area contributed by atoms with Gasteiger partial charge < -0.3 is 10.1 Å². The van der Waals surface area contributed by atoms with E-state index in [1.165, 1.54) is 12.0 Å². The van der Waals surface area contributed by atoms with Crippen molar-refractivity contribution in [3.05, 3.63) is 34.3 Å². The summed E-state index contributed by atoms with van der Waals surface area (Å²) in [4.78, 5) is 0. The maximum Gasteiger partial charge on any atom is 0.0865 e. The van der Waals surface area contributed by atoms with Gasteiger partial charge in [0.2, 0.25) is 0 Å². The van der Waals surface area contributed by atoms with Crippen molar-refractivity contribution in [2.75, 3.05) is 13.2 Å². The number of benzene rings is 1. The van der Waals surface area contributed by atoms with Gasteiger partial charge in [-0.05, 0) is 57.7 Å². The molecule has 20 heavy (non-hydrogen) atoms. The van der Waals surface area contributed by atoms with E-state index in [-0.39, 0.29) is 11.6 Å². The Morgan fingerprint density at radius 3 is 2.75 bits per heavy atom. The minimum absolute atomic E-state index is 0.146. The molecule has 112 valence electrons. The summed E-state index contributed by atoms with van der Waals surface area (Å²) in [5, 5.41) is 4.44. The molecule has 2 nitrogen and oxygen atoms in total. The van der Waals surface area contributed by atoms with Crippen molar-refractivity contribution >= 4 is 11.6 Å². The molecule has 1 aliphatic rings. The van der Waals surface area contributed by atoms with E-state index in [1.807, 2.05) is 6.92 Å². The van der Waals surface area contributed by atoms with Crippen LogP contribution in [0.3, 0.4) is 0 Å². The highest BCUT2D eigenvalue weighted by Gasteiger charge is 2.28. The minimum Gasteiger partial charge on any atom is -0.373 e. The molecule has 1 aromatic rings. The third-order valence-corrected chi connectivity index (χ3v) is 4.27. The van der Waals surface area contributed by atoms with Crippen LogP contribution in [0.25, 0.3) is 0 Å². The van der Waals surface area contributed by atoms with Crippen LogP contribution in [0.5, 0.6) is 0 Å². The average molecular weight is 296 g/mol. The van der Waals surface area contributed by atoms with Gasteiger partial charge in [0.15, 0.2) is 0 Å². The summed E-state index contributed by atoms with van der Waals surface area (Å²) in [6.45, 7) is 10.5. The second-order valence-electron chi connectivity index (χ2n) is 6.83. The Kier molecular flexibility index (Phi) is 5.11. The van der Waals surface area contributed by atoms with Gasteiger partial charge in [0, 0.05) is 29.6 Å². The largest absolute Gasteiger partial charge is 0.373 e. The standard InChI is InChI=1S/C17H26ClNO/c1-12-7-8-13(10-15(12)18)16-14(6-5-9-20-16)11-19-17(2,3)4/h7-8,10,14,16,19H,5-6,9,11H2,1-4H3. The van der Waals surface area contributed by atoms with Gasteiger partial charge in [-0.1, -0.05) is 23.7 Å². The number of hydrogen-bond acceptors (Lipinski definition) is 2. The monoisotopic (exact) mass is 295 g/mol. The number of nitrogens with one attached hydrogen (secondary N) is 1. The molecule has 1 saturated heterocycles. The van der Waals surface area contributed by atoms with Crippen molar-refractivity contribution in [2.24, 2.45) is 5.92 Å². The summed E-state index contributed by atoms with van der Waals surface area (Å²) < 4.78 is 6.04. The lowest BCUT2D eigenvalue weighted by molar-refractivity contribution is -0.0292. The molecule has 2 rings (SSSR count). The number of ether oxygens (including phenoxy) is 1. The van der Waals surface area contributed by atoms with E-state index < -0.39 is 0 Å². The zero-order valence-electron chi connectivity index (χ0n) is 13.0. The molecule has 0 aromatic heterocycles. The molecule has 2 atom stereocenters. The van der Waals surface area contributed by atoms with Gasteiger partial charge in [0.05, 0.1) is 6.10 Å². The summed E-state index contributed by atoms with van der Waals surface area (Å²) in [6, 6.07) is 6.31. The third kappa shape index (κ3) is 4.21. The second kappa shape index (κ2) is 6.46. The summed E-state index contributed by atoms with van der Waals surface area (Å²) in [5.74, 6) is 0.516. The Labute approximate surface area is 127 Å². The summed E-state index contributed by atoms with van der Waals surface area (Å²) >= 11 is 6.26. The summed E-state index contributed by atoms with van der Waals surface area (Å²) in [7, 11) is 0. The van der Waals surface area contributed by atoms with E-state index in [0.29, 0.717) is 5.92 Å². The SMILES string of the molecule is Cc1ccc(C2OCCCC2CNC(C)(C)C)cc1Cl. The number of rotatable bonds is 3. The van der Waals surface area contributed by atoms with E-state index in [2.05, 4.69) is 44.3 Å². The average Bonchev–Trinajstić information content (AvgIpc) is 2.39. The fraction of sp³-hybridized carbons (Fsp3) is 0.647. The van der Waals surface area contributed by atoms with Crippen molar-refractivity contribution in [1.29, 1.82) is 0 Å². The number of hydrogen-bond donors (Lipinski definition) is 1. The van der Waals surface area contributed by atoms with Gasteiger partial charge in [0.1, 0.15) is 0 Å². The Morgan fingerprint density at radius 2 is 2.10 bits per heavy atom. The number of aryl methyl sites for hydroxylation is 1. The minimum atomic E-state index is 0.146. The smallest absolute Gasteiger partial charge is 0.0865 e. The molecule has 0 spiro atoms. The topological polar surface area (TPSA) is 21.3 Å². The lowest BCUT2D eigenvalue weighted by atomic mass is 9.88.